The Kier molecular flexibility index (Phi) is 6.25. The molecule has 0 radical (unpaired) electrons. The Labute approximate surface area is 234 Å². The molecule has 0 saturated carbocycles. The molecule has 4 heterocycles. The van der Waals surface area contributed by atoms with E-state index < -0.39 is 12.1 Å². The first-order chi connectivity index (χ1) is 18.6. The smallest absolute Gasteiger partial charge is 0.279 e. The number of aliphatic hydroxyl groups excluding tert-OH is 1. The summed E-state index contributed by atoms with van der Waals surface area (Å²) in [4.78, 5) is 42.8. The molecule has 1 fully saturated rings. The van der Waals surface area contributed by atoms with Gasteiger partial charge in [-0.2, -0.15) is 0 Å². The summed E-state index contributed by atoms with van der Waals surface area (Å²) < 4.78 is 1.94. The second kappa shape index (κ2) is 9.51. The highest BCUT2D eigenvalue weighted by Crippen LogP contribution is 2.45. The van der Waals surface area contributed by atoms with Gasteiger partial charge in [-0.25, -0.2) is 9.97 Å². The summed E-state index contributed by atoms with van der Waals surface area (Å²) in [6.45, 7) is 6.72. The zero-order valence-electron chi connectivity index (χ0n) is 21.5. The van der Waals surface area contributed by atoms with Crippen molar-refractivity contribution in [3.05, 3.63) is 91.6 Å². The zero-order chi connectivity index (χ0) is 27.6. The van der Waals surface area contributed by atoms with E-state index in [1.165, 1.54) is 6.20 Å². The van der Waals surface area contributed by atoms with E-state index in [9.17, 15) is 14.7 Å². The summed E-state index contributed by atoms with van der Waals surface area (Å²) in [6, 6.07) is 12.2. The number of halogens is 2. The van der Waals surface area contributed by atoms with Crippen LogP contribution in [0.5, 0.6) is 0 Å². The van der Waals surface area contributed by atoms with E-state index in [-0.39, 0.29) is 28.8 Å². The first-order valence-electron chi connectivity index (χ1n) is 12.6. The molecule has 2 aromatic heterocycles. The number of nitrogens with one attached hydrogen (secondary N) is 1. The van der Waals surface area contributed by atoms with Crippen LogP contribution in [0.2, 0.25) is 10.0 Å². The Morgan fingerprint density at radius 2 is 1.74 bits per heavy atom. The number of β-amino-alcohol motifs (C(OH)–C–C–N with tert-alkyl or cyclic N) is 1. The van der Waals surface area contributed by atoms with Gasteiger partial charge in [0.05, 0.1) is 11.8 Å². The molecule has 6 rings (SSSR count). The van der Waals surface area contributed by atoms with Crippen LogP contribution in [0.4, 0.5) is 11.6 Å². The van der Waals surface area contributed by atoms with Gasteiger partial charge in [0.15, 0.2) is 5.69 Å². The van der Waals surface area contributed by atoms with Crippen molar-refractivity contribution in [2.24, 2.45) is 0 Å². The third-order valence-corrected chi connectivity index (χ3v) is 7.70. The van der Waals surface area contributed by atoms with Gasteiger partial charge in [0.25, 0.3) is 11.5 Å². The van der Waals surface area contributed by atoms with E-state index in [0.717, 1.165) is 11.1 Å². The van der Waals surface area contributed by atoms with Crippen LogP contribution in [0.25, 0.3) is 11.4 Å². The maximum Gasteiger partial charge on any atom is 0.279 e. The second-order valence-corrected chi connectivity index (χ2v) is 11.1. The summed E-state index contributed by atoms with van der Waals surface area (Å²) >= 11 is 12.6. The number of amides is 1. The molecule has 1 amide bonds. The molecule has 1 saturated heterocycles. The van der Waals surface area contributed by atoms with Crippen LogP contribution < -0.4 is 15.4 Å². The number of hydrogen-bond donors (Lipinski definition) is 2. The maximum atomic E-state index is 14.1. The number of imidazole rings is 1. The number of aromatic amines is 1. The Morgan fingerprint density at radius 1 is 1.05 bits per heavy atom. The van der Waals surface area contributed by atoms with Crippen molar-refractivity contribution in [1.82, 2.24) is 19.5 Å². The number of hydrogen-bond acceptors (Lipinski definition) is 6. The van der Waals surface area contributed by atoms with Crippen molar-refractivity contribution >= 4 is 40.7 Å². The number of H-pyrrole nitrogens is 1. The standard InChI is InChI=1S/C28H26Cl2N6O3/c1-14(2)35-24-22(32-25(35)20-11-31-28(33-26(20)38)34-12-19(37)13-34)27(39)36(21-10-18(30)7-4-15(21)3)23(24)16-5-8-17(29)9-6-16/h4-11,14,19,23,37H,12-13H2,1-3H3,(H,31,33,38). The van der Waals surface area contributed by atoms with E-state index in [4.69, 9.17) is 28.2 Å². The fraction of sp³-hybridized carbons (Fsp3) is 0.286. The number of carbonyl (C=O) groups excluding carboxylic acids is 1. The molecular formula is C28H26Cl2N6O3. The number of aryl methyl sites for hydroxylation is 1. The van der Waals surface area contributed by atoms with Crippen LogP contribution in [0.3, 0.4) is 0 Å². The first-order valence-corrected chi connectivity index (χ1v) is 13.4. The molecule has 0 spiro atoms. The fourth-order valence-electron chi connectivity index (χ4n) is 5.31. The van der Waals surface area contributed by atoms with Gasteiger partial charge in [0.1, 0.15) is 17.4 Å². The minimum atomic E-state index is -0.528. The normalized spacial score (nSPS) is 17.2. The number of fused-ring (bicyclic) bond motifs is 1. The lowest BCUT2D eigenvalue weighted by Crippen LogP contribution is -2.52. The largest absolute Gasteiger partial charge is 0.389 e. The quantitative estimate of drug-likeness (QED) is 0.362. The SMILES string of the molecule is Cc1ccc(Cl)cc1N1C(=O)c2nc(-c3cnc(N4CC(O)C4)[nH]c3=O)n(C(C)C)c2C1c1ccc(Cl)cc1. The topological polar surface area (TPSA) is 107 Å². The lowest BCUT2D eigenvalue weighted by Gasteiger charge is -2.36. The molecule has 2 aromatic carbocycles. The summed E-state index contributed by atoms with van der Waals surface area (Å²) in [6.07, 6.45) is 1.05. The predicted molar refractivity (Wildman–Crippen MR) is 151 cm³/mol. The molecule has 9 nitrogen and oxygen atoms in total. The Morgan fingerprint density at radius 3 is 2.38 bits per heavy atom. The van der Waals surface area contributed by atoms with Crippen molar-refractivity contribution in [2.75, 3.05) is 22.9 Å². The van der Waals surface area contributed by atoms with Gasteiger partial charge in [-0.05, 0) is 56.2 Å². The number of aromatic nitrogens is 4. The van der Waals surface area contributed by atoms with Gasteiger partial charge >= 0.3 is 0 Å². The lowest BCUT2D eigenvalue weighted by molar-refractivity contribution is 0.0989. The van der Waals surface area contributed by atoms with E-state index in [1.807, 2.05) is 43.5 Å². The van der Waals surface area contributed by atoms with Gasteiger partial charge in [-0.3, -0.25) is 19.5 Å². The molecule has 2 aliphatic rings. The number of nitrogens with zero attached hydrogens (tertiary/aromatic N) is 5. The fourth-order valence-corrected chi connectivity index (χ4v) is 5.60. The zero-order valence-corrected chi connectivity index (χ0v) is 23.0. The number of carbonyl (C=O) groups is 1. The van der Waals surface area contributed by atoms with Gasteiger partial charge in [-0.15, -0.1) is 0 Å². The van der Waals surface area contributed by atoms with E-state index in [1.54, 1.807) is 34.1 Å². The molecule has 2 aliphatic heterocycles. The molecule has 11 heteroatoms. The molecular weight excluding hydrogens is 539 g/mol. The minimum absolute atomic E-state index is 0.135. The maximum absolute atomic E-state index is 14.1. The van der Waals surface area contributed by atoms with Gasteiger partial charge in [-0.1, -0.05) is 41.4 Å². The average Bonchev–Trinajstić information content (AvgIpc) is 3.39. The van der Waals surface area contributed by atoms with Crippen molar-refractivity contribution in [2.45, 2.75) is 39.0 Å². The molecule has 1 unspecified atom stereocenters. The summed E-state index contributed by atoms with van der Waals surface area (Å²) in [5.74, 6) is 0.474. The highest BCUT2D eigenvalue weighted by Gasteiger charge is 2.45. The number of aliphatic hydroxyl groups is 1. The van der Waals surface area contributed by atoms with Crippen LogP contribution in [0.1, 0.15) is 53.2 Å². The van der Waals surface area contributed by atoms with Crippen molar-refractivity contribution < 1.29 is 9.90 Å². The van der Waals surface area contributed by atoms with Gasteiger partial charge in [0.2, 0.25) is 5.95 Å². The highest BCUT2D eigenvalue weighted by molar-refractivity contribution is 6.31. The van der Waals surface area contributed by atoms with Crippen LogP contribution >= 0.6 is 23.2 Å². The monoisotopic (exact) mass is 564 g/mol. The Bertz CT molecular complexity index is 1660. The molecule has 200 valence electrons. The summed E-state index contributed by atoms with van der Waals surface area (Å²) in [5, 5.41) is 10.7. The molecule has 0 bridgehead atoms. The van der Waals surface area contributed by atoms with E-state index in [0.29, 0.717) is 46.3 Å². The van der Waals surface area contributed by atoms with Crippen molar-refractivity contribution in [3.63, 3.8) is 0 Å². The van der Waals surface area contributed by atoms with E-state index in [2.05, 4.69) is 9.97 Å². The van der Waals surface area contributed by atoms with Crippen LogP contribution in [-0.2, 0) is 0 Å². The minimum Gasteiger partial charge on any atom is -0.389 e. The molecule has 39 heavy (non-hydrogen) atoms. The van der Waals surface area contributed by atoms with Gasteiger partial charge < -0.3 is 14.6 Å². The lowest BCUT2D eigenvalue weighted by atomic mass is 10.0. The number of benzene rings is 2. The van der Waals surface area contributed by atoms with E-state index >= 15 is 0 Å². The Hall–Kier alpha value is -3.66. The summed E-state index contributed by atoms with van der Waals surface area (Å²) in [7, 11) is 0. The highest BCUT2D eigenvalue weighted by atomic mass is 35.5. The van der Waals surface area contributed by atoms with Crippen molar-refractivity contribution in [1.29, 1.82) is 0 Å². The molecule has 2 N–H and O–H groups in total. The van der Waals surface area contributed by atoms with Crippen molar-refractivity contribution in [3.8, 4) is 11.4 Å². The summed E-state index contributed by atoms with van der Waals surface area (Å²) in [5.41, 5.74) is 3.26. The average molecular weight is 565 g/mol. The van der Waals surface area contributed by atoms with Crippen LogP contribution in [0, 0.1) is 6.92 Å². The Balaban J connectivity index is 1.54. The van der Waals surface area contributed by atoms with Crippen LogP contribution in [0.15, 0.2) is 53.5 Å². The third-order valence-electron chi connectivity index (χ3n) is 7.21. The number of anilines is 2. The predicted octanol–water partition coefficient (Wildman–Crippen LogP) is 4.76. The molecule has 4 aromatic rings. The first kappa shape index (κ1) is 25.6. The molecule has 1 atom stereocenters. The second-order valence-electron chi connectivity index (χ2n) is 10.2. The third kappa shape index (κ3) is 4.21. The number of rotatable bonds is 5. The molecule has 0 aliphatic carbocycles. The van der Waals surface area contributed by atoms with Crippen LogP contribution in [-0.4, -0.2) is 49.7 Å². The van der Waals surface area contributed by atoms with Gasteiger partial charge in [0, 0.05) is 41.1 Å².